The Labute approximate surface area is 133 Å². The van der Waals surface area contributed by atoms with Crippen LogP contribution in [0, 0.1) is 0 Å². The van der Waals surface area contributed by atoms with Crippen LogP contribution in [0.3, 0.4) is 0 Å². The van der Waals surface area contributed by atoms with Crippen LogP contribution in [0.2, 0.25) is 0 Å². The van der Waals surface area contributed by atoms with Gasteiger partial charge in [0, 0.05) is 38.9 Å². The highest BCUT2D eigenvalue weighted by atomic mass is 16.5. The van der Waals surface area contributed by atoms with Crippen LogP contribution in [-0.4, -0.2) is 43.7 Å². The number of likely N-dealkylation sites (tertiary alicyclic amines) is 1. The SMILES string of the molecule is CCc1cccc(CC)c1NC(=O)CCN1CC[C@@H](OC)C1. The molecule has 0 radical (unpaired) electrons. The summed E-state index contributed by atoms with van der Waals surface area (Å²) in [4.78, 5) is 14.6. The lowest BCUT2D eigenvalue weighted by Gasteiger charge is -2.17. The van der Waals surface area contributed by atoms with Crippen LogP contribution in [0.15, 0.2) is 18.2 Å². The Balaban J connectivity index is 1.90. The summed E-state index contributed by atoms with van der Waals surface area (Å²) in [5.74, 6) is 0.108. The monoisotopic (exact) mass is 304 g/mol. The zero-order chi connectivity index (χ0) is 15.9. The van der Waals surface area contributed by atoms with Gasteiger partial charge in [-0.25, -0.2) is 0 Å². The molecule has 0 saturated carbocycles. The number of rotatable bonds is 7. The third kappa shape index (κ3) is 4.31. The molecule has 1 atom stereocenters. The number of benzene rings is 1. The first kappa shape index (κ1) is 17.0. The molecule has 1 aliphatic rings. The number of aryl methyl sites for hydroxylation is 2. The summed E-state index contributed by atoms with van der Waals surface area (Å²) in [6, 6.07) is 6.26. The summed E-state index contributed by atoms with van der Waals surface area (Å²) in [6.45, 7) is 7.02. The number of nitrogens with one attached hydrogen (secondary N) is 1. The third-order valence-electron chi connectivity index (χ3n) is 4.48. The van der Waals surface area contributed by atoms with Crippen LogP contribution in [-0.2, 0) is 22.4 Å². The van der Waals surface area contributed by atoms with Crippen molar-refractivity contribution in [1.29, 1.82) is 0 Å². The molecule has 122 valence electrons. The molecule has 1 N–H and O–H groups in total. The lowest BCUT2D eigenvalue weighted by Crippen LogP contribution is -2.27. The molecule has 1 heterocycles. The van der Waals surface area contributed by atoms with Crippen LogP contribution in [0.5, 0.6) is 0 Å². The number of ether oxygens (including phenoxy) is 1. The van der Waals surface area contributed by atoms with Gasteiger partial charge in [0.2, 0.25) is 5.91 Å². The number of methoxy groups -OCH3 is 1. The Hall–Kier alpha value is -1.39. The van der Waals surface area contributed by atoms with Crippen molar-refractivity contribution in [2.75, 3.05) is 32.1 Å². The minimum atomic E-state index is 0.108. The fraction of sp³-hybridized carbons (Fsp3) is 0.611. The highest BCUT2D eigenvalue weighted by Gasteiger charge is 2.22. The molecule has 1 aromatic rings. The summed E-state index contributed by atoms with van der Waals surface area (Å²) < 4.78 is 5.36. The molecule has 0 aliphatic carbocycles. The van der Waals surface area contributed by atoms with Gasteiger partial charge < -0.3 is 15.0 Å². The maximum atomic E-state index is 12.3. The van der Waals surface area contributed by atoms with Gasteiger partial charge in [-0.15, -0.1) is 0 Å². The molecule has 22 heavy (non-hydrogen) atoms. The van der Waals surface area contributed by atoms with Crippen LogP contribution in [0.25, 0.3) is 0 Å². The topological polar surface area (TPSA) is 41.6 Å². The van der Waals surface area contributed by atoms with E-state index >= 15 is 0 Å². The fourth-order valence-electron chi connectivity index (χ4n) is 3.06. The standard InChI is InChI=1S/C18H28N2O2/c1-4-14-7-6-8-15(5-2)18(14)19-17(21)10-12-20-11-9-16(13-20)22-3/h6-8,16H,4-5,9-13H2,1-3H3,(H,19,21)/t16-/m1/s1. The molecule has 0 spiro atoms. The van der Waals surface area contributed by atoms with Gasteiger partial charge in [0.25, 0.3) is 0 Å². The third-order valence-corrected chi connectivity index (χ3v) is 4.48. The van der Waals surface area contributed by atoms with Gasteiger partial charge in [-0.05, 0) is 30.4 Å². The molecular weight excluding hydrogens is 276 g/mol. The van der Waals surface area contributed by atoms with Gasteiger partial charge in [-0.3, -0.25) is 4.79 Å². The van der Waals surface area contributed by atoms with E-state index < -0.39 is 0 Å². The van der Waals surface area contributed by atoms with E-state index in [-0.39, 0.29) is 5.91 Å². The number of anilines is 1. The Morgan fingerprint density at radius 1 is 1.32 bits per heavy atom. The maximum Gasteiger partial charge on any atom is 0.225 e. The van der Waals surface area contributed by atoms with Crippen molar-refractivity contribution in [3.63, 3.8) is 0 Å². The van der Waals surface area contributed by atoms with E-state index in [1.807, 2.05) is 0 Å². The minimum absolute atomic E-state index is 0.108. The summed E-state index contributed by atoms with van der Waals surface area (Å²) in [6.07, 6.45) is 3.81. The number of hydrogen-bond donors (Lipinski definition) is 1. The Morgan fingerprint density at radius 2 is 2.00 bits per heavy atom. The van der Waals surface area contributed by atoms with E-state index in [0.717, 1.165) is 44.6 Å². The van der Waals surface area contributed by atoms with Crippen molar-refractivity contribution < 1.29 is 9.53 Å². The lowest BCUT2D eigenvalue weighted by atomic mass is 10.0. The molecular formula is C18H28N2O2. The van der Waals surface area contributed by atoms with Crippen LogP contribution >= 0.6 is 0 Å². The molecule has 0 aromatic heterocycles. The first-order chi connectivity index (χ1) is 10.7. The van der Waals surface area contributed by atoms with Crippen LogP contribution in [0.4, 0.5) is 5.69 Å². The van der Waals surface area contributed by atoms with Gasteiger partial charge in [0.05, 0.1) is 6.10 Å². The molecule has 2 rings (SSSR count). The number of carbonyl (C=O) groups is 1. The number of para-hydroxylation sites is 1. The molecule has 0 unspecified atom stereocenters. The van der Waals surface area contributed by atoms with E-state index in [2.05, 4.69) is 42.3 Å². The average molecular weight is 304 g/mol. The largest absolute Gasteiger partial charge is 0.380 e. The number of carbonyl (C=O) groups excluding carboxylic acids is 1. The fourth-order valence-corrected chi connectivity index (χ4v) is 3.06. The number of amides is 1. The number of hydrogen-bond acceptors (Lipinski definition) is 3. The predicted molar refractivity (Wildman–Crippen MR) is 90.3 cm³/mol. The smallest absolute Gasteiger partial charge is 0.225 e. The summed E-state index contributed by atoms with van der Waals surface area (Å²) in [5, 5.41) is 3.13. The molecule has 1 amide bonds. The maximum absolute atomic E-state index is 12.3. The quantitative estimate of drug-likeness (QED) is 0.842. The van der Waals surface area contributed by atoms with E-state index in [9.17, 15) is 4.79 Å². The van der Waals surface area contributed by atoms with Crippen molar-refractivity contribution >= 4 is 11.6 Å². The van der Waals surface area contributed by atoms with Crippen molar-refractivity contribution in [3.05, 3.63) is 29.3 Å². The minimum Gasteiger partial charge on any atom is -0.380 e. The normalized spacial score (nSPS) is 18.6. The molecule has 1 aliphatic heterocycles. The molecule has 1 saturated heterocycles. The van der Waals surface area contributed by atoms with Gasteiger partial charge in [0.1, 0.15) is 0 Å². The van der Waals surface area contributed by atoms with Crippen molar-refractivity contribution in [3.8, 4) is 0 Å². The van der Waals surface area contributed by atoms with E-state index in [1.165, 1.54) is 11.1 Å². The van der Waals surface area contributed by atoms with Gasteiger partial charge >= 0.3 is 0 Å². The molecule has 4 heteroatoms. The number of nitrogens with zero attached hydrogens (tertiary/aromatic N) is 1. The second-order valence-electron chi connectivity index (χ2n) is 5.90. The van der Waals surface area contributed by atoms with Gasteiger partial charge in [-0.2, -0.15) is 0 Å². The highest BCUT2D eigenvalue weighted by molar-refractivity contribution is 5.92. The molecule has 1 fully saturated rings. The predicted octanol–water partition coefficient (Wildman–Crippen LogP) is 2.86. The van der Waals surface area contributed by atoms with Crippen molar-refractivity contribution in [1.82, 2.24) is 4.90 Å². The lowest BCUT2D eigenvalue weighted by molar-refractivity contribution is -0.116. The summed E-state index contributed by atoms with van der Waals surface area (Å²) in [5.41, 5.74) is 3.45. The van der Waals surface area contributed by atoms with E-state index in [1.54, 1.807) is 7.11 Å². The molecule has 0 bridgehead atoms. The second-order valence-corrected chi connectivity index (χ2v) is 5.90. The second kappa shape index (κ2) is 8.30. The van der Waals surface area contributed by atoms with Gasteiger partial charge in [0.15, 0.2) is 0 Å². The van der Waals surface area contributed by atoms with E-state index in [0.29, 0.717) is 12.5 Å². The zero-order valence-electron chi connectivity index (χ0n) is 14.0. The first-order valence-electron chi connectivity index (χ1n) is 8.33. The van der Waals surface area contributed by atoms with Crippen LogP contribution in [0.1, 0.15) is 37.8 Å². The molecule has 1 aromatic carbocycles. The summed E-state index contributed by atoms with van der Waals surface area (Å²) in [7, 11) is 1.76. The Bertz CT molecular complexity index is 480. The summed E-state index contributed by atoms with van der Waals surface area (Å²) >= 11 is 0. The first-order valence-corrected chi connectivity index (χ1v) is 8.33. The van der Waals surface area contributed by atoms with Crippen molar-refractivity contribution in [2.45, 2.75) is 45.6 Å². The Morgan fingerprint density at radius 3 is 2.55 bits per heavy atom. The van der Waals surface area contributed by atoms with Gasteiger partial charge in [-0.1, -0.05) is 32.0 Å². The highest BCUT2D eigenvalue weighted by Crippen LogP contribution is 2.23. The van der Waals surface area contributed by atoms with Crippen LogP contribution < -0.4 is 5.32 Å². The average Bonchev–Trinajstić information content (AvgIpc) is 3.01. The van der Waals surface area contributed by atoms with E-state index in [4.69, 9.17) is 4.74 Å². The molecule has 4 nitrogen and oxygen atoms in total. The van der Waals surface area contributed by atoms with Crippen molar-refractivity contribution in [2.24, 2.45) is 0 Å². The zero-order valence-corrected chi connectivity index (χ0v) is 14.0. The Kier molecular flexibility index (Phi) is 6.40.